The minimum absolute atomic E-state index is 1.05. The summed E-state index contributed by atoms with van der Waals surface area (Å²) in [5, 5.41) is 0. The molecule has 0 aromatic heterocycles. The average molecular weight is 148 g/mol. The Kier molecular flexibility index (Phi) is 5.18. The van der Waals surface area contributed by atoms with Crippen molar-refractivity contribution >= 4 is 0 Å². The van der Waals surface area contributed by atoms with E-state index in [0.29, 0.717) is 0 Å². The molecule has 0 fully saturated rings. The van der Waals surface area contributed by atoms with Gasteiger partial charge >= 0.3 is 0 Å². The molecule has 0 atom stereocenters. The second-order valence-electron chi connectivity index (χ2n) is 2.34. The zero-order chi connectivity index (χ0) is 8.69. The van der Waals surface area contributed by atoms with Crippen LogP contribution in [0.3, 0.4) is 0 Å². The summed E-state index contributed by atoms with van der Waals surface area (Å²) in [6.07, 6.45) is 7.70. The topological polar surface area (TPSA) is 0 Å². The number of allylic oxidation sites excluding steroid dienone is 5. The van der Waals surface area contributed by atoms with Crippen LogP contribution in [0.2, 0.25) is 0 Å². The van der Waals surface area contributed by atoms with Crippen LogP contribution in [0.1, 0.15) is 19.8 Å². The van der Waals surface area contributed by atoms with Gasteiger partial charge in [-0.25, -0.2) is 0 Å². The van der Waals surface area contributed by atoms with Crippen molar-refractivity contribution in [3.8, 4) is 0 Å². The van der Waals surface area contributed by atoms with E-state index in [0.717, 1.165) is 18.4 Å². The predicted octanol–water partition coefficient (Wildman–Crippen LogP) is 3.64. The molecule has 0 rings (SSSR count). The summed E-state index contributed by atoms with van der Waals surface area (Å²) in [6.45, 7) is 13.3. The summed E-state index contributed by atoms with van der Waals surface area (Å²) < 4.78 is 0. The van der Waals surface area contributed by atoms with Gasteiger partial charge in [0.05, 0.1) is 0 Å². The molecule has 0 heteroatoms. The largest absolute Gasteiger partial charge is 0.0988 e. The number of hydrogen-bond donors (Lipinski definition) is 0. The highest BCUT2D eigenvalue weighted by atomic mass is 14.0. The molecular formula is C11H16. The van der Waals surface area contributed by atoms with Crippen LogP contribution in [0, 0.1) is 0 Å². The van der Waals surface area contributed by atoms with Gasteiger partial charge in [0, 0.05) is 0 Å². The summed E-state index contributed by atoms with van der Waals surface area (Å²) in [5.41, 5.74) is 2.33. The monoisotopic (exact) mass is 148 g/mol. The first-order chi connectivity index (χ1) is 5.29. The highest BCUT2D eigenvalue weighted by Gasteiger charge is 1.94. The molecular weight excluding hydrogens is 132 g/mol. The van der Waals surface area contributed by atoms with Crippen molar-refractivity contribution in [3.05, 3.63) is 49.1 Å². The Morgan fingerprint density at radius 3 is 1.91 bits per heavy atom. The molecule has 0 N–H and O–H groups in total. The summed E-state index contributed by atoms with van der Waals surface area (Å²) in [6, 6.07) is 0. The molecule has 0 bridgehead atoms. The Balaban J connectivity index is 4.60. The summed E-state index contributed by atoms with van der Waals surface area (Å²) in [7, 11) is 0. The van der Waals surface area contributed by atoms with Crippen molar-refractivity contribution in [3.63, 3.8) is 0 Å². The first-order valence-electron chi connectivity index (χ1n) is 3.90. The highest BCUT2D eigenvalue weighted by molar-refractivity contribution is 5.38. The van der Waals surface area contributed by atoms with Crippen LogP contribution in [-0.4, -0.2) is 0 Å². The lowest BCUT2D eigenvalue weighted by Crippen LogP contribution is -1.82. The van der Waals surface area contributed by atoms with E-state index in [9.17, 15) is 0 Å². The molecule has 0 unspecified atom stereocenters. The van der Waals surface area contributed by atoms with Gasteiger partial charge in [-0.1, -0.05) is 51.3 Å². The van der Waals surface area contributed by atoms with Gasteiger partial charge in [-0.05, 0) is 17.6 Å². The van der Waals surface area contributed by atoms with Crippen LogP contribution in [0.15, 0.2) is 49.1 Å². The lowest BCUT2D eigenvalue weighted by atomic mass is 10.0. The second kappa shape index (κ2) is 5.72. The van der Waals surface area contributed by atoms with Crippen molar-refractivity contribution in [2.75, 3.05) is 0 Å². The van der Waals surface area contributed by atoms with Gasteiger partial charge in [-0.3, -0.25) is 0 Å². The van der Waals surface area contributed by atoms with Gasteiger partial charge in [-0.15, -0.1) is 0 Å². The van der Waals surface area contributed by atoms with Crippen LogP contribution in [0.5, 0.6) is 0 Å². The zero-order valence-corrected chi connectivity index (χ0v) is 7.27. The van der Waals surface area contributed by atoms with Gasteiger partial charge in [0.25, 0.3) is 0 Å². The third-order valence-electron chi connectivity index (χ3n) is 1.58. The Morgan fingerprint density at radius 1 is 1.09 bits per heavy atom. The average Bonchev–Trinajstić information content (AvgIpc) is 2.05. The smallest absolute Gasteiger partial charge is 0.0237 e. The maximum Gasteiger partial charge on any atom is -0.0237 e. The minimum atomic E-state index is 1.05. The molecule has 0 heterocycles. The Bertz CT molecular complexity index is 172. The standard InChI is InChI=1S/C11H16/c1-5-9-11(8-4)10(6-2)7-3/h6-8H,2-5,9H2,1H3. The zero-order valence-electron chi connectivity index (χ0n) is 7.27. The van der Waals surface area contributed by atoms with Crippen molar-refractivity contribution < 1.29 is 0 Å². The Labute approximate surface area is 69.6 Å². The molecule has 0 amide bonds. The minimum Gasteiger partial charge on any atom is -0.0988 e. The van der Waals surface area contributed by atoms with Crippen LogP contribution < -0.4 is 0 Å². The molecule has 0 saturated heterocycles. The van der Waals surface area contributed by atoms with Crippen LogP contribution >= 0.6 is 0 Å². The SMILES string of the molecule is C=CC(C=C)=C(C=C)CCC. The molecule has 60 valence electrons. The van der Waals surface area contributed by atoms with E-state index in [2.05, 4.69) is 26.7 Å². The molecule has 0 saturated carbocycles. The summed E-state index contributed by atoms with van der Waals surface area (Å²) >= 11 is 0. The van der Waals surface area contributed by atoms with Crippen molar-refractivity contribution in [2.24, 2.45) is 0 Å². The molecule has 0 nitrogen and oxygen atoms in total. The van der Waals surface area contributed by atoms with Crippen molar-refractivity contribution in [2.45, 2.75) is 19.8 Å². The summed E-state index contributed by atoms with van der Waals surface area (Å²) in [5.74, 6) is 0. The fourth-order valence-electron chi connectivity index (χ4n) is 0.979. The predicted molar refractivity (Wildman–Crippen MR) is 52.5 cm³/mol. The van der Waals surface area contributed by atoms with E-state index in [1.165, 1.54) is 5.57 Å². The maximum atomic E-state index is 3.74. The second-order valence-corrected chi connectivity index (χ2v) is 2.34. The fraction of sp³-hybridized carbons (Fsp3) is 0.273. The third-order valence-corrected chi connectivity index (χ3v) is 1.58. The molecule has 11 heavy (non-hydrogen) atoms. The number of rotatable bonds is 5. The molecule has 0 aromatic carbocycles. The molecule has 0 aliphatic heterocycles. The van der Waals surface area contributed by atoms with Gasteiger partial charge < -0.3 is 0 Å². The van der Waals surface area contributed by atoms with E-state index in [4.69, 9.17) is 0 Å². The van der Waals surface area contributed by atoms with Gasteiger partial charge in [0.15, 0.2) is 0 Å². The molecule has 0 spiro atoms. The van der Waals surface area contributed by atoms with Crippen molar-refractivity contribution in [1.82, 2.24) is 0 Å². The quantitative estimate of drug-likeness (QED) is 0.522. The maximum absolute atomic E-state index is 3.74. The van der Waals surface area contributed by atoms with E-state index in [1.807, 2.05) is 18.2 Å². The first-order valence-corrected chi connectivity index (χ1v) is 3.90. The van der Waals surface area contributed by atoms with E-state index in [-0.39, 0.29) is 0 Å². The molecule has 0 aromatic rings. The van der Waals surface area contributed by atoms with Crippen molar-refractivity contribution in [1.29, 1.82) is 0 Å². The first kappa shape index (κ1) is 9.96. The van der Waals surface area contributed by atoms with Gasteiger partial charge in [0.1, 0.15) is 0 Å². The van der Waals surface area contributed by atoms with Gasteiger partial charge in [-0.2, -0.15) is 0 Å². The fourth-order valence-corrected chi connectivity index (χ4v) is 0.979. The normalized spacial score (nSPS) is 8.45. The van der Waals surface area contributed by atoms with E-state index in [1.54, 1.807) is 0 Å². The molecule has 0 aliphatic rings. The van der Waals surface area contributed by atoms with Crippen LogP contribution in [0.25, 0.3) is 0 Å². The van der Waals surface area contributed by atoms with Gasteiger partial charge in [0.2, 0.25) is 0 Å². The summed E-state index contributed by atoms with van der Waals surface area (Å²) in [4.78, 5) is 0. The Morgan fingerprint density at radius 2 is 1.64 bits per heavy atom. The number of hydrogen-bond acceptors (Lipinski definition) is 0. The lowest BCUT2D eigenvalue weighted by Gasteiger charge is -2.02. The highest BCUT2D eigenvalue weighted by Crippen LogP contribution is 2.13. The van der Waals surface area contributed by atoms with E-state index < -0.39 is 0 Å². The van der Waals surface area contributed by atoms with E-state index >= 15 is 0 Å². The molecule has 0 radical (unpaired) electrons. The Hall–Kier alpha value is -1.04. The third kappa shape index (κ3) is 3.03. The molecule has 0 aliphatic carbocycles. The van der Waals surface area contributed by atoms with Crippen LogP contribution in [0.4, 0.5) is 0 Å². The lowest BCUT2D eigenvalue weighted by molar-refractivity contribution is 0.922. The van der Waals surface area contributed by atoms with Crippen LogP contribution in [-0.2, 0) is 0 Å².